The van der Waals surface area contributed by atoms with Gasteiger partial charge in [0.1, 0.15) is 5.75 Å². The van der Waals surface area contributed by atoms with E-state index >= 15 is 0 Å². The molecule has 1 heterocycles. The Bertz CT molecular complexity index is 162. The first-order valence-electron chi connectivity index (χ1n) is 2.44. The number of rotatable bonds is 2. The molecule has 0 aliphatic rings. The minimum Gasteiger partial charge on any atom is -0.511 e. The standard InChI is InChI=1S/C4H6BNO3/c7-5(8)9-4-1-2-6-3-4/h1-3,6-8H. The molecule has 0 radical (unpaired) electrons. The molecule has 0 aromatic carbocycles. The van der Waals surface area contributed by atoms with Crippen LogP contribution in [-0.2, 0) is 0 Å². The third-order valence-corrected chi connectivity index (χ3v) is 0.811. The topological polar surface area (TPSA) is 65.5 Å². The highest BCUT2D eigenvalue weighted by molar-refractivity contribution is 6.33. The van der Waals surface area contributed by atoms with Gasteiger partial charge in [0.25, 0.3) is 0 Å². The summed E-state index contributed by atoms with van der Waals surface area (Å²) < 4.78 is 4.43. The van der Waals surface area contributed by atoms with E-state index in [2.05, 4.69) is 9.64 Å². The van der Waals surface area contributed by atoms with Crippen molar-refractivity contribution in [2.24, 2.45) is 0 Å². The first-order valence-corrected chi connectivity index (χ1v) is 2.44. The summed E-state index contributed by atoms with van der Waals surface area (Å²) in [5, 5.41) is 16.5. The summed E-state index contributed by atoms with van der Waals surface area (Å²) in [6.07, 6.45) is 3.14. The third kappa shape index (κ3) is 1.79. The molecule has 9 heavy (non-hydrogen) atoms. The van der Waals surface area contributed by atoms with Crippen LogP contribution in [0.1, 0.15) is 0 Å². The van der Waals surface area contributed by atoms with Crippen molar-refractivity contribution >= 4 is 7.32 Å². The largest absolute Gasteiger partial charge is 0.707 e. The van der Waals surface area contributed by atoms with Gasteiger partial charge >= 0.3 is 7.32 Å². The third-order valence-electron chi connectivity index (χ3n) is 0.811. The smallest absolute Gasteiger partial charge is 0.511 e. The molecule has 0 spiro atoms. The van der Waals surface area contributed by atoms with Crippen molar-refractivity contribution in [3.05, 3.63) is 18.5 Å². The molecule has 0 bridgehead atoms. The number of hydrogen-bond donors (Lipinski definition) is 3. The molecule has 0 fully saturated rings. The minimum atomic E-state index is -1.74. The minimum absolute atomic E-state index is 0.407. The van der Waals surface area contributed by atoms with Gasteiger partial charge in [-0.25, -0.2) is 0 Å². The lowest BCUT2D eigenvalue weighted by atomic mass is 10.2. The van der Waals surface area contributed by atoms with Gasteiger partial charge in [0.15, 0.2) is 0 Å². The molecule has 1 aromatic heterocycles. The lowest BCUT2D eigenvalue weighted by molar-refractivity contribution is 0.288. The van der Waals surface area contributed by atoms with Crippen molar-refractivity contribution in [1.29, 1.82) is 0 Å². The molecule has 4 nitrogen and oxygen atoms in total. The molecule has 0 unspecified atom stereocenters. The van der Waals surface area contributed by atoms with Gasteiger partial charge in [0.05, 0.1) is 0 Å². The summed E-state index contributed by atoms with van der Waals surface area (Å²) in [6, 6.07) is 1.58. The van der Waals surface area contributed by atoms with Gasteiger partial charge in [-0.05, 0) is 6.07 Å². The van der Waals surface area contributed by atoms with E-state index in [1.807, 2.05) is 0 Å². The fraction of sp³-hybridized carbons (Fsp3) is 0. The van der Waals surface area contributed by atoms with E-state index in [0.29, 0.717) is 5.75 Å². The van der Waals surface area contributed by atoms with Gasteiger partial charge in [-0.15, -0.1) is 0 Å². The molecule has 0 aliphatic heterocycles. The zero-order valence-corrected chi connectivity index (χ0v) is 4.61. The fourth-order valence-electron chi connectivity index (χ4n) is 0.504. The molecule has 48 valence electrons. The van der Waals surface area contributed by atoms with Gasteiger partial charge in [-0.2, -0.15) is 0 Å². The molecule has 0 aliphatic carbocycles. The van der Waals surface area contributed by atoms with E-state index in [-0.39, 0.29) is 0 Å². The quantitative estimate of drug-likeness (QED) is 0.463. The van der Waals surface area contributed by atoms with Crippen LogP contribution in [0.2, 0.25) is 0 Å². The van der Waals surface area contributed by atoms with E-state index in [1.54, 1.807) is 12.3 Å². The first kappa shape index (κ1) is 6.19. The normalized spacial score (nSPS) is 9.11. The van der Waals surface area contributed by atoms with Gasteiger partial charge < -0.3 is 19.7 Å². The highest BCUT2D eigenvalue weighted by atomic mass is 16.6. The molecule has 5 heteroatoms. The molecule has 1 rings (SSSR count). The molecular formula is C4H6BNO3. The highest BCUT2D eigenvalue weighted by Crippen LogP contribution is 2.06. The van der Waals surface area contributed by atoms with Crippen molar-refractivity contribution in [2.45, 2.75) is 0 Å². The number of H-pyrrole nitrogens is 1. The monoisotopic (exact) mass is 127 g/mol. The summed E-state index contributed by atoms with van der Waals surface area (Å²) >= 11 is 0. The number of nitrogens with one attached hydrogen (secondary N) is 1. The second kappa shape index (κ2) is 2.57. The molecular weight excluding hydrogens is 121 g/mol. The first-order chi connectivity index (χ1) is 4.29. The number of aromatic nitrogens is 1. The Kier molecular flexibility index (Phi) is 1.76. The Morgan fingerprint density at radius 2 is 2.33 bits per heavy atom. The molecule has 0 saturated carbocycles. The molecule has 0 saturated heterocycles. The Balaban J connectivity index is 2.48. The van der Waals surface area contributed by atoms with Crippen molar-refractivity contribution in [3.8, 4) is 5.75 Å². The summed E-state index contributed by atoms with van der Waals surface area (Å²) in [5.74, 6) is 0.407. The van der Waals surface area contributed by atoms with E-state index in [4.69, 9.17) is 10.0 Å². The van der Waals surface area contributed by atoms with Crippen LogP contribution >= 0.6 is 0 Å². The molecule has 1 aromatic rings. The zero-order valence-electron chi connectivity index (χ0n) is 4.61. The summed E-state index contributed by atoms with van der Waals surface area (Å²) in [4.78, 5) is 2.69. The van der Waals surface area contributed by atoms with Gasteiger partial charge in [0.2, 0.25) is 0 Å². The zero-order chi connectivity index (χ0) is 6.69. The van der Waals surface area contributed by atoms with Crippen LogP contribution in [-0.4, -0.2) is 22.4 Å². The number of hydrogen-bond acceptors (Lipinski definition) is 3. The SMILES string of the molecule is OB(O)Oc1cc[nH]c1. The van der Waals surface area contributed by atoms with Crippen LogP contribution < -0.4 is 4.65 Å². The lowest BCUT2D eigenvalue weighted by Crippen LogP contribution is -2.20. The predicted octanol–water partition coefficient (Wildman–Crippen LogP) is -0.637. The van der Waals surface area contributed by atoms with Crippen molar-refractivity contribution in [2.75, 3.05) is 0 Å². The second-order valence-corrected chi connectivity index (χ2v) is 1.49. The maximum Gasteiger partial charge on any atom is 0.707 e. The van der Waals surface area contributed by atoms with Gasteiger partial charge in [-0.3, -0.25) is 0 Å². The van der Waals surface area contributed by atoms with E-state index in [1.165, 1.54) is 6.20 Å². The van der Waals surface area contributed by atoms with Crippen LogP contribution in [0, 0.1) is 0 Å². The van der Waals surface area contributed by atoms with E-state index in [9.17, 15) is 0 Å². The van der Waals surface area contributed by atoms with Crippen LogP contribution in [0.5, 0.6) is 5.75 Å². The van der Waals surface area contributed by atoms with Gasteiger partial charge in [0, 0.05) is 12.4 Å². The maximum atomic E-state index is 8.24. The average Bonchev–Trinajstić information content (AvgIpc) is 2.15. The van der Waals surface area contributed by atoms with E-state index < -0.39 is 7.32 Å². The van der Waals surface area contributed by atoms with Crippen LogP contribution in [0.4, 0.5) is 0 Å². The summed E-state index contributed by atoms with van der Waals surface area (Å²) in [6.45, 7) is 0. The van der Waals surface area contributed by atoms with Crippen molar-refractivity contribution in [3.63, 3.8) is 0 Å². The predicted molar refractivity (Wildman–Crippen MR) is 31.6 cm³/mol. The summed E-state index contributed by atoms with van der Waals surface area (Å²) in [5.41, 5.74) is 0. The Morgan fingerprint density at radius 3 is 2.78 bits per heavy atom. The molecule has 3 N–H and O–H groups in total. The maximum absolute atomic E-state index is 8.24. The highest BCUT2D eigenvalue weighted by Gasteiger charge is 2.10. The Labute approximate surface area is 52.3 Å². The number of aromatic amines is 1. The van der Waals surface area contributed by atoms with Crippen molar-refractivity contribution < 1.29 is 14.7 Å². The van der Waals surface area contributed by atoms with Crippen LogP contribution in [0.15, 0.2) is 18.5 Å². The van der Waals surface area contributed by atoms with Gasteiger partial charge in [-0.1, -0.05) is 0 Å². The Hall–Kier alpha value is -0.935. The fourth-order valence-corrected chi connectivity index (χ4v) is 0.504. The van der Waals surface area contributed by atoms with Crippen molar-refractivity contribution in [1.82, 2.24) is 4.98 Å². The second-order valence-electron chi connectivity index (χ2n) is 1.49. The van der Waals surface area contributed by atoms with Crippen LogP contribution in [0.25, 0.3) is 0 Å². The average molecular weight is 127 g/mol. The molecule has 0 amide bonds. The molecule has 0 atom stereocenters. The Morgan fingerprint density at radius 1 is 1.56 bits per heavy atom. The summed E-state index contributed by atoms with van der Waals surface area (Å²) in [7, 11) is -1.74. The van der Waals surface area contributed by atoms with E-state index in [0.717, 1.165) is 0 Å². The lowest BCUT2D eigenvalue weighted by Gasteiger charge is -1.97. The van der Waals surface area contributed by atoms with Crippen LogP contribution in [0.3, 0.4) is 0 Å².